The van der Waals surface area contributed by atoms with Crippen LogP contribution in [0, 0.1) is 0 Å². The molecule has 1 saturated heterocycles. The predicted molar refractivity (Wildman–Crippen MR) is 64.6 cm³/mol. The molecule has 0 aromatic heterocycles. The molecule has 4 nitrogen and oxygen atoms in total. The molecule has 0 aliphatic carbocycles. The molecule has 0 amide bonds. The third kappa shape index (κ3) is 2.90. The highest BCUT2D eigenvalue weighted by Crippen LogP contribution is 2.28. The summed E-state index contributed by atoms with van der Waals surface area (Å²) in [6, 6.07) is 4.61. The summed E-state index contributed by atoms with van der Waals surface area (Å²) in [5.41, 5.74) is 0.885. The molecule has 1 aliphatic heterocycles. The van der Waals surface area contributed by atoms with Crippen molar-refractivity contribution in [3.8, 4) is 0 Å². The van der Waals surface area contributed by atoms with Crippen molar-refractivity contribution in [1.29, 1.82) is 0 Å². The second-order valence-electron chi connectivity index (χ2n) is 3.79. The normalized spacial score (nSPS) is 24.6. The molecule has 0 radical (unpaired) electrons. The smallest absolute Gasteiger partial charge is 0.323 e. The Morgan fingerprint density at radius 1 is 1.41 bits per heavy atom. The highest BCUT2D eigenvalue weighted by Gasteiger charge is 2.26. The number of morpholine rings is 1. The molecule has 92 valence electrons. The van der Waals surface area contributed by atoms with E-state index in [1.165, 1.54) is 0 Å². The first-order valence-corrected chi connectivity index (χ1v) is 5.86. The first kappa shape index (κ1) is 12.6. The maximum atomic E-state index is 10.7. The summed E-state index contributed by atoms with van der Waals surface area (Å²) in [6.45, 7) is 0.579. The first-order valence-electron chi connectivity index (χ1n) is 5.10. The maximum Gasteiger partial charge on any atom is 0.323 e. The van der Waals surface area contributed by atoms with Crippen LogP contribution in [-0.2, 0) is 9.53 Å². The van der Waals surface area contributed by atoms with Gasteiger partial charge in [-0.2, -0.15) is 0 Å². The van der Waals surface area contributed by atoms with Crippen molar-refractivity contribution in [3.63, 3.8) is 0 Å². The number of carboxylic acid groups (broad SMARTS) is 1. The summed E-state index contributed by atoms with van der Waals surface area (Å²) in [5.74, 6) is -0.905. The quantitative estimate of drug-likeness (QED) is 0.868. The van der Waals surface area contributed by atoms with E-state index in [1.54, 1.807) is 12.1 Å². The first-order chi connectivity index (χ1) is 8.08. The number of benzene rings is 1. The van der Waals surface area contributed by atoms with Crippen molar-refractivity contribution in [2.45, 2.75) is 12.1 Å². The molecule has 2 rings (SSSR count). The van der Waals surface area contributed by atoms with Gasteiger partial charge in [0.25, 0.3) is 0 Å². The van der Waals surface area contributed by atoms with Crippen molar-refractivity contribution in [3.05, 3.63) is 33.8 Å². The summed E-state index contributed by atoms with van der Waals surface area (Å²) in [7, 11) is 0. The fourth-order valence-corrected chi connectivity index (χ4v) is 1.97. The minimum atomic E-state index is -0.905. The lowest BCUT2D eigenvalue weighted by atomic mass is 10.1. The van der Waals surface area contributed by atoms with Crippen LogP contribution in [0.2, 0.25) is 10.0 Å². The fourth-order valence-electron chi connectivity index (χ4n) is 1.66. The van der Waals surface area contributed by atoms with Gasteiger partial charge in [-0.3, -0.25) is 10.1 Å². The highest BCUT2D eigenvalue weighted by molar-refractivity contribution is 6.42. The fraction of sp³-hybridized carbons (Fsp3) is 0.364. The van der Waals surface area contributed by atoms with Gasteiger partial charge in [0.2, 0.25) is 0 Å². The number of halogens is 2. The van der Waals surface area contributed by atoms with E-state index in [1.807, 2.05) is 6.07 Å². The van der Waals surface area contributed by atoms with Gasteiger partial charge in [0.15, 0.2) is 0 Å². The number of aliphatic carboxylic acids is 1. The Morgan fingerprint density at radius 3 is 2.71 bits per heavy atom. The zero-order valence-electron chi connectivity index (χ0n) is 8.82. The van der Waals surface area contributed by atoms with Gasteiger partial charge in [-0.05, 0) is 17.7 Å². The lowest BCUT2D eigenvalue weighted by molar-refractivity contribution is -0.144. The molecule has 2 N–H and O–H groups in total. The zero-order chi connectivity index (χ0) is 12.4. The van der Waals surface area contributed by atoms with Crippen molar-refractivity contribution < 1.29 is 14.6 Å². The Morgan fingerprint density at radius 2 is 2.18 bits per heavy atom. The van der Waals surface area contributed by atoms with Crippen LogP contribution in [0.1, 0.15) is 11.7 Å². The molecule has 6 heteroatoms. The highest BCUT2D eigenvalue weighted by atomic mass is 35.5. The van der Waals surface area contributed by atoms with E-state index in [9.17, 15) is 4.79 Å². The van der Waals surface area contributed by atoms with Crippen LogP contribution in [0.15, 0.2) is 18.2 Å². The third-order valence-corrected chi connectivity index (χ3v) is 3.37. The monoisotopic (exact) mass is 275 g/mol. The average Bonchev–Trinajstić information content (AvgIpc) is 2.33. The van der Waals surface area contributed by atoms with Crippen LogP contribution in [0.4, 0.5) is 0 Å². The zero-order valence-corrected chi connectivity index (χ0v) is 10.3. The molecule has 1 heterocycles. The molecule has 17 heavy (non-hydrogen) atoms. The van der Waals surface area contributed by atoms with Gasteiger partial charge in [-0.15, -0.1) is 0 Å². The van der Waals surface area contributed by atoms with E-state index < -0.39 is 12.0 Å². The Kier molecular flexibility index (Phi) is 3.89. The van der Waals surface area contributed by atoms with Crippen molar-refractivity contribution in [2.75, 3.05) is 13.2 Å². The molecule has 2 unspecified atom stereocenters. The lowest BCUT2D eigenvalue weighted by Gasteiger charge is -2.28. The van der Waals surface area contributed by atoms with Crippen molar-refractivity contribution in [2.24, 2.45) is 0 Å². The minimum absolute atomic E-state index is 0.139. The van der Waals surface area contributed by atoms with Crippen LogP contribution in [0.25, 0.3) is 0 Å². The molecule has 0 saturated carbocycles. The largest absolute Gasteiger partial charge is 0.480 e. The topological polar surface area (TPSA) is 58.6 Å². The Balaban J connectivity index is 2.05. The molecule has 1 aromatic carbocycles. The number of hydrogen-bond acceptors (Lipinski definition) is 3. The predicted octanol–water partition coefficient (Wildman–Crippen LogP) is 2.11. The van der Waals surface area contributed by atoms with Gasteiger partial charge >= 0.3 is 5.97 Å². The number of nitrogens with one attached hydrogen (secondary N) is 1. The number of carboxylic acids is 1. The maximum absolute atomic E-state index is 10.7. The molecule has 2 atom stereocenters. The minimum Gasteiger partial charge on any atom is -0.480 e. The molecule has 0 spiro atoms. The van der Waals surface area contributed by atoms with Gasteiger partial charge in [-0.25, -0.2) is 0 Å². The van der Waals surface area contributed by atoms with Crippen molar-refractivity contribution in [1.82, 2.24) is 5.32 Å². The molecular weight excluding hydrogens is 265 g/mol. The van der Waals surface area contributed by atoms with E-state index >= 15 is 0 Å². The van der Waals surface area contributed by atoms with E-state index in [0.717, 1.165) is 5.56 Å². The molecule has 1 fully saturated rings. The second kappa shape index (κ2) is 5.23. The summed E-state index contributed by atoms with van der Waals surface area (Å²) in [6.07, 6.45) is -0.194. The van der Waals surface area contributed by atoms with E-state index in [2.05, 4.69) is 5.32 Å². The van der Waals surface area contributed by atoms with E-state index in [4.69, 9.17) is 33.0 Å². The molecular formula is C11H11Cl2NO3. The summed E-state index contributed by atoms with van der Waals surface area (Å²) in [5, 5.41) is 12.6. The Labute approximate surface area is 108 Å². The van der Waals surface area contributed by atoms with E-state index in [-0.39, 0.29) is 12.7 Å². The number of rotatable bonds is 2. The average molecular weight is 276 g/mol. The van der Waals surface area contributed by atoms with Crippen molar-refractivity contribution >= 4 is 29.2 Å². The summed E-state index contributed by atoms with van der Waals surface area (Å²) < 4.78 is 5.49. The standard InChI is InChI=1S/C11H11Cl2NO3/c12-7-2-1-6(3-8(7)13)10-4-14-9(5-17-10)11(15)16/h1-3,9-10,14H,4-5H2,(H,15,16). The summed E-state index contributed by atoms with van der Waals surface area (Å²) in [4.78, 5) is 10.7. The van der Waals surface area contributed by atoms with Crippen LogP contribution in [0.5, 0.6) is 0 Å². The van der Waals surface area contributed by atoms with Crippen LogP contribution in [0.3, 0.4) is 0 Å². The third-order valence-electron chi connectivity index (χ3n) is 2.63. The van der Waals surface area contributed by atoms with Crippen LogP contribution < -0.4 is 5.32 Å². The number of ether oxygens (including phenoxy) is 1. The molecule has 1 aliphatic rings. The lowest BCUT2D eigenvalue weighted by Crippen LogP contribution is -2.47. The van der Waals surface area contributed by atoms with Gasteiger partial charge in [0, 0.05) is 6.54 Å². The SMILES string of the molecule is O=C(O)C1COC(c2ccc(Cl)c(Cl)c2)CN1. The summed E-state index contributed by atoms with van der Waals surface area (Å²) >= 11 is 11.7. The molecule has 1 aromatic rings. The second-order valence-corrected chi connectivity index (χ2v) is 4.61. The van der Waals surface area contributed by atoms with Gasteiger partial charge in [0.1, 0.15) is 6.04 Å². The van der Waals surface area contributed by atoms with E-state index in [0.29, 0.717) is 16.6 Å². The Hall–Kier alpha value is -0.810. The Bertz CT molecular complexity index is 431. The number of carbonyl (C=O) groups is 1. The van der Waals surface area contributed by atoms with Gasteiger partial charge in [-0.1, -0.05) is 29.3 Å². The number of hydrogen-bond donors (Lipinski definition) is 2. The van der Waals surface area contributed by atoms with Crippen LogP contribution in [-0.4, -0.2) is 30.3 Å². The van der Waals surface area contributed by atoms with Crippen LogP contribution >= 0.6 is 23.2 Å². The van der Waals surface area contributed by atoms with Gasteiger partial charge < -0.3 is 9.84 Å². The molecule has 0 bridgehead atoms. The van der Waals surface area contributed by atoms with Gasteiger partial charge in [0.05, 0.1) is 22.8 Å².